The van der Waals surface area contributed by atoms with Crippen LogP contribution in [0.25, 0.3) is 11.0 Å². The lowest BCUT2D eigenvalue weighted by atomic mass is 9.98. The van der Waals surface area contributed by atoms with Gasteiger partial charge in [0.1, 0.15) is 17.1 Å². The first kappa shape index (κ1) is 14.6. The van der Waals surface area contributed by atoms with Crippen LogP contribution >= 0.6 is 0 Å². The van der Waals surface area contributed by atoms with E-state index in [4.69, 9.17) is 18.7 Å². The van der Waals surface area contributed by atoms with Gasteiger partial charge in [-0.25, -0.2) is 0 Å². The SMILES string of the molecule is COc1ccc(C2CC(c3ccc4occc4c3OC)=NO2)cc1. The topological polar surface area (TPSA) is 53.2 Å². The molecule has 2 aromatic carbocycles. The summed E-state index contributed by atoms with van der Waals surface area (Å²) in [5, 5.41) is 5.22. The van der Waals surface area contributed by atoms with E-state index in [-0.39, 0.29) is 6.10 Å². The van der Waals surface area contributed by atoms with Gasteiger partial charge in [-0.1, -0.05) is 17.3 Å². The summed E-state index contributed by atoms with van der Waals surface area (Å²) in [5.41, 5.74) is 3.66. The van der Waals surface area contributed by atoms with E-state index in [1.165, 1.54) is 0 Å². The minimum Gasteiger partial charge on any atom is -0.497 e. The molecule has 1 aromatic heterocycles. The van der Waals surface area contributed by atoms with Crippen LogP contribution in [0, 0.1) is 0 Å². The van der Waals surface area contributed by atoms with Gasteiger partial charge in [-0.05, 0) is 35.9 Å². The molecule has 3 aromatic rings. The molecule has 0 saturated heterocycles. The summed E-state index contributed by atoms with van der Waals surface area (Å²) in [6.07, 6.45) is 2.24. The Morgan fingerprint density at radius 2 is 1.83 bits per heavy atom. The molecule has 0 amide bonds. The molecule has 122 valence electrons. The fraction of sp³-hybridized carbons (Fsp3) is 0.211. The highest BCUT2D eigenvalue weighted by atomic mass is 16.6. The Morgan fingerprint density at radius 1 is 1.00 bits per heavy atom. The molecule has 0 saturated carbocycles. The molecule has 0 spiro atoms. The second-order valence-electron chi connectivity index (χ2n) is 5.59. The van der Waals surface area contributed by atoms with Crippen molar-refractivity contribution in [1.82, 2.24) is 0 Å². The minimum atomic E-state index is -0.101. The number of hydrogen-bond donors (Lipinski definition) is 0. The van der Waals surface area contributed by atoms with Crippen LogP contribution in [0.4, 0.5) is 0 Å². The Kier molecular flexibility index (Phi) is 3.61. The molecule has 4 rings (SSSR count). The monoisotopic (exact) mass is 323 g/mol. The summed E-state index contributed by atoms with van der Waals surface area (Å²) in [6, 6.07) is 13.6. The maximum absolute atomic E-state index is 5.64. The van der Waals surface area contributed by atoms with Crippen molar-refractivity contribution in [3.63, 3.8) is 0 Å². The zero-order valence-corrected chi connectivity index (χ0v) is 13.5. The average Bonchev–Trinajstić information content (AvgIpc) is 3.30. The van der Waals surface area contributed by atoms with Crippen LogP contribution in [0.2, 0.25) is 0 Å². The Bertz CT molecular complexity index is 895. The van der Waals surface area contributed by atoms with Gasteiger partial charge in [0.25, 0.3) is 0 Å². The second kappa shape index (κ2) is 5.92. The zero-order chi connectivity index (χ0) is 16.5. The molecular weight excluding hydrogens is 306 g/mol. The normalized spacial score (nSPS) is 16.8. The Balaban J connectivity index is 1.62. The molecule has 0 N–H and O–H groups in total. The zero-order valence-electron chi connectivity index (χ0n) is 13.5. The summed E-state index contributed by atoms with van der Waals surface area (Å²) in [7, 11) is 3.31. The Labute approximate surface area is 139 Å². The first-order chi connectivity index (χ1) is 11.8. The molecular formula is C19H17NO4. The Hall–Kier alpha value is -2.95. The lowest BCUT2D eigenvalue weighted by Gasteiger charge is -2.10. The molecule has 2 heterocycles. The number of oxime groups is 1. The second-order valence-corrected chi connectivity index (χ2v) is 5.59. The summed E-state index contributed by atoms with van der Waals surface area (Å²) in [5.74, 6) is 1.59. The summed E-state index contributed by atoms with van der Waals surface area (Å²) in [6.45, 7) is 0. The van der Waals surface area contributed by atoms with Gasteiger partial charge < -0.3 is 18.7 Å². The smallest absolute Gasteiger partial charge is 0.158 e. The quantitative estimate of drug-likeness (QED) is 0.717. The van der Waals surface area contributed by atoms with Crippen LogP contribution in [0.3, 0.4) is 0 Å². The van der Waals surface area contributed by atoms with E-state index in [9.17, 15) is 0 Å². The molecule has 5 heteroatoms. The highest BCUT2D eigenvalue weighted by Crippen LogP contribution is 2.36. The van der Waals surface area contributed by atoms with E-state index >= 15 is 0 Å². The summed E-state index contributed by atoms with van der Waals surface area (Å²) >= 11 is 0. The standard InChI is InChI=1S/C19H17NO4/c1-21-13-5-3-12(4-6-13)18-11-16(20-24-18)14-7-8-17-15(9-10-23-17)19(14)22-2/h3-10,18H,11H2,1-2H3. The largest absolute Gasteiger partial charge is 0.497 e. The van der Waals surface area contributed by atoms with Gasteiger partial charge in [0.15, 0.2) is 6.10 Å². The highest BCUT2D eigenvalue weighted by molar-refractivity contribution is 6.07. The third-order valence-corrected chi connectivity index (χ3v) is 4.26. The van der Waals surface area contributed by atoms with Gasteiger partial charge in [-0.3, -0.25) is 0 Å². The predicted octanol–water partition coefficient (Wildman–Crippen LogP) is 4.32. The molecule has 1 aliphatic heterocycles. The maximum atomic E-state index is 5.64. The lowest BCUT2D eigenvalue weighted by Crippen LogP contribution is -2.04. The van der Waals surface area contributed by atoms with Crippen molar-refractivity contribution >= 4 is 16.7 Å². The summed E-state index contributed by atoms with van der Waals surface area (Å²) in [4.78, 5) is 5.64. The fourth-order valence-corrected chi connectivity index (χ4v) is 3.00. The molecule has 1 aliphatic rings. The summed E-state index contributed by atoms with van der Waals surface area (Å²) < 4.78 is 16.2. The van der Waals surface area contributed by atoms with Crippen LogP contribution in [0.15, 0.2) is 58.3 Å². The molecule has 1 unspecified atom stereocenters. The van der Waals surface area contributed by atoms with E-state index in [0.717, 1.165) is 39.3 Å². The Morgan fingerprint density at radius 3 is 2.58 bits per heavy atom. The van der Waals surface area contributed by atoms with Crippen LogP contribution in [0.1, 0.15) is 23.7 Å². The number of methoxy groups -OCH3 is 2. The first-order valence-electron chi connectivity index (χ1n) is 7.71. The maximum Gasteiger partial charge on any atom is 0.158 e. The van der Waals surface area contributed by atoms with Crippen LogP contribution in [-0.4, -0.2) is 19.9 Å². The molecule has 24 heavy (non-hydrogen) atoms. The van der Waals surface area contributed by atoms with Gasteiger partial charge in [0.05, 0.1) is 31.6 Å². The predicted molar refractivity (Wildman–Crippen MR) is 90.7 cm³/mol. The van der Waals surface area contributed by atoms with Gasteiger partial charge in [0, 0.05) is 12.0 Å². The van der Waals surface area contributed by atoms with Crippen molar-refractivity contribution in [3.05, 3.63) is 59.9 Å². The molecule has 0 bridgehead atoms. The van der Waals surface area contributed by atoms with Crippen molar-refractivity contribution in [2.45, 2.75) is 12.5 Å². The number of ether oxygens (including phenoxy) is 2. The number of hydrogen-bond acceptors (Lipinski definition) is 5. The van der Waals surface area contributed by atoms with Crippen molar-refractivity contribution < 1.29 is 18.7 Å². The average molecular weight is 323 g/mol. The number of fused-ring (bicyclic) bond motifs is 1. The van der Waals surface area contributed by atoms with Crippen LogP contribution in [-0.2, 0) is 4.84 Å². The van der Waals surface area contributed by atoms with Gasteiger partial charge >= 0.3 is 0 Å². The van der Waals surface area contributed by atoms with Gasteiger partial charge in [-0.15, -0.1) is 0 Å². The van der Waals surface area contributed by atoms with E-state index in [2.05, 4.69) is 5.16 Å². The molecule has 0 aliphatic carbocycles. The van der Waals surface area contributed by atoms with E-state index in [0.29, 0.717) is 6.42 Å². The third kappa shape index (κ3) is 2.38. The van der Waals surface area contributed by atoms with E-state index in [1.54, 1.807) is 20.5 Å². The fourth-order valence-electron chi connectivity index (χ4n) is 3.00. The van der Waals surface area contributed by atoms with Gasteiger partial charge in [-0.2, -0.15) is 0 Å². The van der Waals surface area contributed by atoms with E-state index < -0.39 is 0 Å². The molecule has 5 nitrogen and oxygen atoms in total. The molecule has 0 radical (unpaired) electrons. The van der Waals surface area contributed by atoms with Crippen LogP contribution in [0.5, 0.6) is 11.5 Å². The first-order valence-corrected chi connectivity index (χ1v) is 7.71. The molecule has 0 fully saturated rings. The van der Waals surface area contributed by atoms with Crippen molar-refractivity contribution in [2.24, 2.45) is 5.16 Å². The minimum absolute atomic E-state index is 0.101. The lowest BCUT2D eigenvalue weighted by molar-refractivity contribution is 0.0857. The van der Waals surface area contributed by atoms with Crippen LogP contribution < -0.4 is 9.47 Å². The number of rotatable bonds is 4. The molecule has 1 atom stereocenters. The van der Waals surface area contributed by atoms with Crippen molar-refractivity contribution in [2.75, 3.05) is 14.2 Å². The number of nitrogens with zero attached hydrogens (tertiary/aromatic N) is 1. The number of benzene rings is 2. The number of furan rings is 1. The van der Waals surface area contributed by atoms with Crippen molar-refractivity contribution in [1.29, 1.82) is 0 Å². The van der Waals surface area contributed by atoms with E-state index in [1.807, 2.05) is 42.5 Å². The van der Waals surface area contributed by atoms with Crippen molar-refractivity contribution in [3.8, 4) is 11.5 Å². The third-order valence-electron chi connectivity index (χ3n) is 4.26. The highest BCUT2D eigenvalue weighted by Gasteiger charge is 2.26. The van der Waals surface area contributed by atoms with Gasteiger partial charge in [0.2, 0.25) is 0 Å².